The van der Waals surface area contributed by atoms with Crippen molar-refractivity contribution in [3.8, 4) is 5.75 Å². The number of benzene rings is 1. The largest absolute Gasteiger partial charge is 0.507 e. The van der Waals surface area contributed by atoms with Gasteiger partial charge in [-0.15, -0.1) is 0 Å². The number of carbonyl (C=O) groups excluding carboxylic acids is 1. The molecule has 1 aromatic rings. The molecule has 21 heavy (non-hydrogen) atoms. The van der Waals surface area contributed by atoms with Crippen LogP contribution in [-0.4, -0.2) is 53.3 Å². The molecule has 114 valence electrons. The third kappa shape index (κ3) is 4.35. The van der Waals surface area contributed by atoms with Gasteiger partial charge in [0, 0.05) is 30.9 Å². The maximum Gasteiger partial charge on any atom is 0.339 e. The van der Waals surface area contributed by atoms with Crippen molar-refractivity contribution in [2.45, 2.75) is 18.9 Å². The molecular weight excluding hydrogens is 274 g/mol. The minimum absolute atomic E-state index is 0.202. The summed E-state index contributed by atoms with van der Waals surface area (Å²) in [5.74, 6) is -1.60. The summed E-state index contributed by atoms with van der Waals surface area (Å²) in [4.78, 5) is 24.6. The predicted molar refractivity (Wildman–Crippen MR) is 77.7 cm³/mol. The zero-order valence-corrected chi connectivity index (χ0v) is 11.8. The van der Waals surface area contributed by atoms with Crippen molar-refractivity contribution in [1.82, 2.24) is 10.2 Å². The van der Waals surface area contributed by atoms with Gasteiger partial charge in [0.15, 0.2) is 0 Å². The summed E-state index contributed by atoms with van der Waals surface area (Å²) in [5, 5.41) is 23.6. The highest BCUT2D eigenvalue weighted by molar-refractivity contribution is 5.93. The number of carboxylic acids is 1. The van der Waals surface area contributed by atoms with Crippen molar-refractivity contribution >= 4 is 17.7 Å². The van der Waals surface area contributed by atoms with Crippen molar-refractivity contribution in [3.05, 3.63) is 23.8 Å². The van der Waals surface area contributed by atoms with Crippen molar-refractivity contribution in [1.29, 1.82) is 0 Å². The monoisotopic (exact) mass is 293 g/mol. The average molecular weight is 293 g/mol. The number of urea groups is 1. The molecule has 2 amide bonds. The van der Waals surface area contributed by atoms with Crippen LogP contribution in [0.15, 0.2) is 18.2 Å². The van der Waals surface area contributed by atoms with E-state index < -0.39 is 5.97 Å². The zero-order valence-electron chi connectivity index (χ0n) is 11.8. The first-order valence-corrected chi connectivity index (χ1v) is 6.79. The van der Waals surface area contributed by atoms with Crippen LogP contribution < -0.4 is 10.6 Å². The second-order valence-electron chi connectivity index (χ2n) is 5.13. The Balaban J connectivity index is 1.79. The lowest BCUT2D eigenvalue weighted by Gasteiger charge is -2.16. The number of aromatic carboxylic acids is 1. The average Bonchev–Trinajstić information content (AvgIpc) is 3.22. The molecule has 1 aromatic carbocycles. The van der Waals surface area contributed by atoms with E-state index in [0.29, 0.717) is 18.3 Å². The van der Waals surface area contributed by atoms with Gasteiger partial charge in [0.25, 0.3) is 0 Å². The molecule has 1 fully saturated rings. The molecular formula is C14H19N3O4. The minimum Gasteiger partial charge on any atom is -0.507 e. The van der Waals surface area contributed by atoms with Gasteiger partial charge < -0.3 is 25.7 Å². The summed E-state index contributed by atoms with van der Waals surface area (Å²) >= 11 is 0. The van der Waals surface area contributed by atoms with Gasteiger partial charge in [0.2, 0.25) is 0 Å². The van der Waals surface area contributed by atoms with Crippen molar-refractivity contribution in [3.63, 3.8) is 0 Å². The van der Waals surface area contributed by atoms with Crippen molar-refractivity contribution in [2.24, 2.45) is 0 Å². The van der Waals surface area contributed by atoms with Crippen LogP contribution in [0.1, 0.15) is 23.2 Å². The highest BCUT2D eigenvalue weighted by Crippen LogP contribution is 2.24. The fourth-order valence-electron chi connectivity index (χ4n) is 2.01. The number of aromatic hydroxyl groups is 1. The summed E-state index contributed by atoms with van der Waals surface area (Å²) in [6.07, 6.45) is 2.44. The Morgan fingerprint density at radius 1 is 1.38 bits per heavy atom. The first-order valence-electron chi connectivity index (χ1n) is 6.79. The minimum atomic E-state index is -1.22. The molecule has 0 atom stereocenters. The Bertz CT molecular complexity index is 543. The van der Waals surface area contributed by atoms with E-state index in [0.717, 1.165) is 6.54 Å². The van der Waals surface area contributed by atoms with Gasteiger partial charge in [-0.25, -0.2) is 9.59 Å². The molecule has 0 aliphatic heterocycles. The lowest BCUT2D eigenvalue weighted by molar-refractivity contribution is 0.0694. The summed E-state index contributed by atoms with van der Waals surface area (Å²) in [7, 11) is 2.03. The van der Waals surface area contributed by atoms with Gasteiger partial charge in [-0.1, -0.05) is 0 Å². The quantitative estimate of drug-likeness (QED) is 0.633. The van der Waals surface area contributed by atoms with E-state index in [2.05, 4.69) is 15.5 Å². The van der Waals surface area contributed by atoms with E-state index in [1.165, 1.54) is 31.0 Å². The number of likely N-dealkylation sites (N-methyl/N-ethyl adjacent to an activating group) is 1. The first kappa shape index (κ1) is 15.1. The maximum absolute atomic E-state index is 11.7. The van der Waals surface area contributed by atoms with Gasteiger partial charge in [-0.2, -0.15) is 0 Å². The van der Waals surface area contributed by atoms with E-state index in [-0.39, 0.29) is 17.3 Å². The predicted octanol–water partition coefficient (Wildman–Crippen LogP) is 1.31. The number of carboxylic acid groups (broad SMARTS) is 1. The van der Waals surface area contributed by atoms with Gasteiger partial charge in [0.1, 0.15) is 11.3 Å². The molecule has 1 aliphatic carbocycles. The van der Waals surface area contributed by atoms with E-state index in [1.54, 1.807) is 0 Å². The van der Waals surface area contributed by atoms with Crippen LogP contribution in [0.2, 0.25) is 0 Å². The third-order valence-corrected chi connectivity index (χ3v) is 3.41. The number of nitrogens with zero attached hydrogens (tertiary/aromatic N) is 1. The third-order valence-electron chi connectivity index (χ3n) is 3.41. The fourth-order valence-corrected chi connectivity index (χ4v) is 2.01. The van der Waals surface area contributed by atoms with Crippen LogP contribution in [0.5, 0.6) is 5.75 Å². The topological polar surface area (TPSA) is 102 Å². The van der Waals surface area contributed by atoms with Crippen LogP contribution in [0.3, 0.4) is 0 Å². The molecule has 2 rings (SSSR count). The Morgan fingerprint density at radius 3 is 2.67 bits per heavy atom. The van der Waals surface area contributed by atoms with E-state index in [9.17, 15) is 14.7 Å². The van der Waals surface area contributed by atoms with Crippen LogP contribution in [0, 0.1) is 0 Å². The van der Waals surface area contributed by atoms with Crippen molar-refractivity contribution < 1.29 is 19.8 Å². The molecule has 0 bridgehead atoms. The van der Waals surface area contributed by atoms with Gasteiger partial charge in [0.05, 0.1) is 0 Å². The molecule has 7 nitrogen and oxygen atoms in total. The normalized spacial score (nSPS) is 14.0. The van der Waals surface area contributed by atoms with Gasteiger partial charge >= 0.3 is 12.0 Å². The lowest BCUT2D eigenvalue weighted by Crippen LogP contribution is -2.36. The van der Waals surface area contributed by atoms with Crippen LogP contribution >= 0.6 is 0 Å². The number of carbonyl (C=O) groups is 2. The summed E-state index contributed by atoms with van der Waals surface area (Å²) in [5.41, 5.74) is 0.137. The molecule has 0 spiro atoms. The maximum atomic E-state index is 11.7. The smallest absolute Gasteiger partial charge is 0.339 e. The molecule has 1 aliphatic rings. The van der Waals surface area contributed by atoms with E-state index >= 15 is 0 Å². The fraction of sp³-hybridized carbons (Fsp3) is 0.429. The summed E-state index contributed by atoms with van der Waals surface area (Å²) in [6, 6.07) is 4.14. The van der Waals surface area contributed by atoms with Crippen LogP contribution in [0.4, 0.5) is 10.5 Å². The number of rotatable bonds is 6. The Morgan fingerprint density at radius 2 is 2.10 bits per heavy atom. The van der Waals surface area contributed by atoms with Crippen LogP contribution in [0.25, 0.3) is 0 Å². The molecule has 4 N–H and O–H groups in total. The molecule has 7 heteroatoms. The molecule has 0 radical (unpaired) electrons. The Labute approximate surface area is 122 Å². The molecule has 0 saturated heterocycles. The first-order chi connectivity index (χ1) is 9.97. The number of amides is 2. The number of anilines is 1. The number of hydrogen-bond donors (Lipinski definition) is 4. The zero-order chi connectivity index (χ0) is 15.4. The van der Waals surface area contributed by atoms with Crippen molar-refractivity contribution in [2.75, 3.05) is 25.5 Å². The molecule has 0 heterocycles. The number of hydrogen-bond acceptors (Lipinski definition) is 4. The Kier molecular flexibility index (Phi) is 4.64. The second kappa shape index (κ2) is 6.45. The second-order valence-corrected chi connectivity index (χ2v) is 5.13. The number of phenols is 1. The van der Waals surface area contributed by atoms with Crippen LogP contribution in [-0.2, 0) is 0 Å². The number of nitrogens with one attached hydrogen (secondary N) is 2. The van der Waals surface area contributed by atoms with Gasteiger partial charge in [-0.3, -0.25) is 0 Å². The van der Waals surface area contributed by atoms with E-state index in [1.807, 2.05) is 7.05 Å². The highest BCUT2D eigenvalue weighted by Gasteiger charge is 2.25. The lowest BCUT2D eigenvalue weighted by atomic mass is 10.2. The Hall–Kier alpha value is -2.28. The molecule has 1 saturated carbocycles. The summed E-state index contributed by atoms with van der Waals surface area (Å²) in [6.45, 7) is 1.30. The summed E-state index contributed by atoms with van der Waals surface area (Å²) < 4.78 is 0. The van der Waals surface area contributed by atoms with Gasteiger partial charge in [-0.05, 0) is 32.0 Å². The molecule has 0 aromatic heterocycles. The highest BCUT2D eigenvalue weighted by atomic mass is 16.4. The van der Waals surface area contributed by atoms with E-state index in [4.69, 9.17) is 5.11 Å². The SMILES string of the molecule is CN(CCNC(=O)Nc1ccc(C(=O)O)c(O)c1)C1CC1. The molecule has 0 unspecified atom stereocenters. The standard InChI is InChI=1S/C14H19N3O4/c1-17(10-3-4-10)7-6-15-14(21)16-9-2-5-11(13(19)20)12(18)8-9/h2,5,8,10,18H,3-4,6-7H2,1H3,(H,19,20)(H2,15,16,21).